The number of rotatable bonds is 7. The maximum Gasteiger partial charge on any atom is 0.309 e. The molecular formula is C18H26N2O5. The van der Waals surface area contributed by atoms with Gasteiger partial charge in [-0.15, -0.1) is 0 Å². The van der Waals surface area contributed by atoms with Crippen LogP contribution in [0.4, 0.5) is 5.69 Å². The Morgan fingerprint density at radius 3 is 2.52 bits per heavy atom. The molecule has 1 aliphatic heterocycles. The van der Waals surface area contributed by atoms with Crippen LogP contribution in [0, 0.1) is 5.92 Å². The second-order valence-electron chi connectivity index (χ2n) is 5.92. The number of esters is 1. The summed E-state index contributed by atoms with van der Waals surface area (Å²) in [5.74, 6) is 0.915. The minimum atomic E-state index is -0.130. The molecule has 1 N–H and O–H groups in total. The van der Waals surface area contributed by atoms with E-state index in [0.29, 0.717) is 36.9 Å². The van der Waals surface area contributed by atoms with Crippen molar-refractivity contribution in [2.45, 2.75) is 19.8 Å². The molecule has 138 valence electrons. The summed E-state index contributed by atoms with van der Waals surface area (Å²) in [6, 6.07) is 5.24. The van der Waals surface area contributed by atoms with Crippen LogP contribution in [-0.4, -0.2) is 57.2 Å². The van der Waals surface area contributed by atoms with Crippen molar-refractivity contribution in [2.24, 2.45) is 5.92 Å². The van der Waals surface area contributed by atoms with E-state index in [1.54, 1.807) is 32.4 Å². The molecule has 0 saturated carbocycles. The number of hydrogen-bond acceptors (Lipinski definition) is 6. The number of nitrogens with one attached hydrogen (secondary N) is 1. The number of ether oxygens (including phenoxy) is 3. The third-order valence-electron chi connectivity index (χ3n) is 4.26. The molecule has 1 amide bonds. The highest BCUT2D eigenvalue weighted by Gasteiger charge is 2.26. The third kappa shape index (κ3) is 5.35. The fourth-order valence-electron chi connectivity index (χ4n) is 2.88. The van der Waals surface area contributed by atoms with Gasteiger partial charge in [0.05, 0.1) is 39.0 Å². The molecule has 0 bridgehead atoms. The van der Waals surface area contributed by atoms with Crippen LogP contribution in [0.3, 0.4) is 0 Å². The van der Waals surface area contributed by atoms with Crippen LogP contribution in [0.15, 0.2) is 18.2 Å². The zero-order valence-corrected chi connectivity index (χ0v) is 15.0. The van der Waals surface area contributed by atoms with Gasteiger partial charge in [0.15, 0.2) is 0 Å². The molecule has 0 aliphatic carbocycles. The van der Waals surface area contributed by atoms with Crippen molar-refractivity contribution >= 4 is 17.6 Å². The van der Waals surface area contributed by atoms with Crippen LogP contribution in [-0.2, 0) is 14.3 Å². The van der Waals surface area contributed by atoms with E-state index in [9.17, 15) is 9.59 Å². The number of likely N-dealkylation sites (tertiary alicyclic amines) is 1. The fraction of sp³-hybridized carbons (Fsp3) is 0.556. The number of anilines is 1. The van der Waals surface area contributed by atoms with Gasteiger partial charge in [-0.1, -0.05) is 0 Å². The minimum Gasteiger partial charge on any atom is -0.497 e. The Balaban J connectivity index is 1.84. The van der Waals surface area contributed by atoms with Crippen molar-refractivity contribution in [1.82, 2.24) is 4.90 Å². The van der Waals surface area contributed by atoms with E-state index in [4.69, 9.17) is 14.2 Å². The van der Waals surface area contributed by atoms with Crippen LogP contribution in [0.2, 0.25) is 0 Å². The first kappa shape index (κ1) is 19.1. The Morgan fingerprint density at radius 2 is 1.92 bits per heavy atom. The molecule has 0 atom stereocenters. The van der Waals surface area contributed by atoms with Gasteiger partial charge in [0.2, 0.25) is 5.91 Å². The van der Waals surface area contributed by atoms with Gasteiger partial charge in [-0.25, -0.2) is 0 Å². The van der Waals surface area contributed by atoms with E-state index in [2.05, 4.69) is 5.32 Å². The normalized spacial score (nSPS) is 15.5. The molecule has 1 aromatic rings. The number of carbonyl (C=O) groups is 2. The Hall–Kier alpha value is -2.28. The first-order valence-corrected chi connectivity index (χ1v) is 8.48. The lowest BCUT2D eigenvalue weighted by molar-refractivity contribution is -0.149. The SMILES string of the molecule is CCOC(=O)C1CCN(CC(=O)Nc2ccc(OC)cc2OC)CC1. The van der Waals surface area contributed by atoms with Crippen molar-refractivity contribution in [3.63, 3.8) is 0 Å². The van der Waals surface area contributed by atoms with Crippen molar-refractivity contribution in [3.8, 4) is 11.5 Å². The Kier molecular flexibility index (Phi) is 7.06. The minimum absolute atomic E-state index is 0.0547. The van der Waals surface area contributed by atoms with E-state index in [1.165, 1.54) is 0 Å². The molecule has 7 heteroatoms. The van der Waals surface area contributed by atoms with Crippen molar-refractivity contribution in [3.05, 3.63) is 18.2 Å². The molecule has 1 saturated heterocycles. The van der Waals surface area contributed by atoms with Gasteiger partial charge in [-0.05, 0) is 45.0 Å². The summed E-state index contributed by atoms with van der Waals surface area (Å²) >= 11 is 0. The quantitative estimate of drug-likeness (QED) is 0.757. The van der Waals surface area contributed by atoms with E-state index in [1.807, 2.05) is 11.8 Å². The number of carbonyl (C=O) groups excluding carboxylic acids is 2. The smallest absolute Gasteiger partial charge is 0.309 e. The van der Waals surface area contributed by atoms with E-state index in [0.717, 1.165) is 12.8 Å². The van der Waals surface area contributed by atoms with Crippen molar-refractivity contribution in [2.75, 3.05) is 45.8 Å². The highest BCUT2D eigenvalue weighted by Crippen LogP contribution is 2.29. The van der Waals surface area contributed by atoms with Crippen LogP contribution in [0.1, 0.15) is 19.8 Å². The zero-order valence-electron chi connectivity index (χ0n) is 15.0. The Morgan fingerprint density at radius 1 is 1.20 bits per heavy atom. The largest absolute Gasteiger partial charge is 0.497 e. The number of methoxy groups -OCH3 is 2. The molecule has 1 heterocycles. The molecule has 1 aromatic carbocycles. The van der Waals surface area contributed by atoms with Crippen molar-refractivity contribution < 1.29 is 23.8 Å². The summed E-state index contributed by atoms with van der Waals surface area (Å²) in [6.45, 7) is 3.91. The van der Waals surface area contributed by atoms with Gasteiger partial charge in [0.25, 0.3) is 0 Å². The summed E-state index contributed by atoms with van der Waals surface area (Å²) in [5.41, 5.74) is 0.606. The first-order valence-electron chi connectivity index (χ1n) is 8.48. The molecule has 2 rings (SSSR count). The van der Waals surface area contributed by atoms with E-state index < -0.39 is 0 Å². The molecule has 0 spiro atoms. The summed E-state index contributed by atoms with van der Waals surface area (Å²) in [6.07, 6.45) is 1.44. The maximum absolute atomic E-state index is 12.3. The number of amides is 1. The predicted molar refractivity (Wildman–Crippen MR) is 94.0 cm³/mol. The number of hydrogen-bond donors (Lipinski definition) is 1. The summed E-state index contributed by atoms with van der Waals surface area (Å²) in [4.78, 5) is 26.1. The van der Waals surface area contributed by atoms with Crippen LogP contribution >= 0.6 is 0 Å². The average Bonchev–Trinajstić information content (AvgIpc) is 2.62. The van der Waals surface area contributed by atoms with Crippen molar-refractivity contribution in [1.29, 1.82) is 0 Å². The van der Waals surface area contributed by atoms with E-state index >= 15 is 0 Å². The summed E-state index contributed by atoms with van der Waals surface area (Å²) < 4.78 is 15.5. The van der Waals surface area contributed by atoms with Gasteiger partial charge >= 0.3 is 5.97 Å². The number of nitrogens with zero attached hydrogens (tertiary/aromatic N) is 1. The maximum atomic E-state index is 12.3. The van der Waals surface area contributed by atoms with Gasteiger partial charge in [0.1, 0.15) is 11.5 Å². The third-order valence-corrected chi connectivity index (χ3v) is 4.26. The molecule has 1 fully saturated rings. The number of benzene rings is 1. The highest BCUT2D eigenvalue weighted by atomic mass is 16.5. The monoisotopic (exact) mass is 350 g/mol. The van der Waals surface area contributed by atoms with Gasteiger partial charge in [-0.2, -0.15) is 0 Å². The zero-order chi connectivity index (χ0) is 18.2. The van der Waals surface area contributed by atoms with Gasteiger partial charge < -0.3 is 19.5 Å². The lowest BCUT2D eigenvalue weighted by atomic mass is 9.97. The number of piperidine rings is 1. The fourth-order valence-corrected chi connectivity index (χ4v) is 2.88. The van der Waals surface area contributed by atoms with Gasteiger partial charge in [0, 0.05) is 6.07 Å². The predicted octanol–water partition coefficient (Wildman–Crippen LogP) is 1.92. The molecule has 25 heavy (non-hydrogen) atoms. The lowest BCUT2D eigenvalue weighted by Gasteiger charge is -2.30. The topological polar surface area (TPSA) is 77.1 Å². The molecule has 7 nitrogen and oxygen atoms in total. The Labute approximate surface area is 148 Å². The average molecular weight is 350 g/mol. The molecule has 0 aromatic heterocycles. The van der Waals surface area contributed by atoms with Crippen LogP contribution in [0.5, 0.6) is 11.5 Å². The van der Waals surface area contributed by atoms with E-state index in [-0.39, 0.29) is 24.3 Å². The van der Waals surface area contributed by atoms with Crippen LogP contribution in [0.25, 0.3) is 0 Å². The van der Waals surface area contributed by atoms with Gasteiger partial charge in [-0.3, -0.25) is 14.5 Å². The van der Waals surface area contributed by atoms with Crippen LogP contribution < -0.4 is 14.8 Å². The molecular weight excluding hydrogens is 324 g/mol. The second kappa shape index (κ2) is 9.27. The first-order chi connectivity index (χ1) is 12.1. The standard InChI is InChI=1S/C18H26N2O5/c1-4-25-18(22)13-7-9-20(10-8-13)12-17(21)19-15-6-5-14(23-2)11-16(15)24-3/h5-6,11,13H,4,7-10,12H2,1-3H3,(H,19,21). The lowest BCUT2D eigenvalue weighted by Crippen LogP contribution is -2.41. The summed E-state index contributed by atoms with van der Waals surface area (Å²) in [7, 11) is 3.12. The highest BCUT2D eigenvalue weighted by molar-refractivity contribution is 5.93. The second-order valence-corrected chi connectivity index (χ2v) is 5.92. The molecule has 0 unspecified atom stereocenters. The molecule has 0 radical (unpaired) electrons. The molecule has 1 aliphatic rings. The Bertz CT molecular complexity index is 597. The summed E-state index contributed by atoms with van der Waals surface area (Å²) in [5, 5.41) is 2.86.